The molecule has 0 saturated carbocycles. The van der Waals surface area contributed by atoms with Crippen molar-refractivity contribution in [3.05, 3.63) is 60.0 Å². The van der Waals surface area contributed by atoms with E-state index < -0.39 is 18.4 Å². The molecule has 3 heterocycles. The standard InChI is InChI=1S/C30H33F2N7O.C2H6/c1-6-18(2)13-33-24-12-23(9-7-19(24)3)40-26-10-8-22(11-20(26)4)37-28-27-25(35-17-36-28)14-34-29(38-27)39-15-21(5)30(31,32)16-39;1-2/h7-14,17-18,21H,6,15-16H2,1-5H3,(H,35,36,37);1-2H3. The fraction of sp³-hybridized carbons (Fsp3) is 0.406. The van der Waals surface area contributed by atoms with Gasteiger partial charge in [-0.15, -0.1) is 0 Å². The van der Waals surface area contributed by atoms with E-state index >= 15 is 0 Å². The van der Waals surface area contributed by atoms with Gasteiger partial charge in [0.2, 0.25) is 5.95 Å². The van der Waals surface area contributed by atoms with Gasteiger partial charge in [0, 0.05) is 30.4 Å². The lowest BCUT2D eigenvalue weighted by Gasteiger charge is -2.16. The molecule has 10 heteroatoms. The average molecular weight is 576 g/mol. The molecular formula is C32H39F2N7O. The van der Waals surface area contributed by atoms with Gasteiger partial charge >= 0.3 is 0 Å². The van der Waals surface area contributed by atoms with E-state index in [9.17, 15) is 8.78 Å². The first-order chi connectivity index (χ1) is 20.1. The van der Waals surface area contributed by atoms with Gasteiger partial charge in [0.25, 0.3) is 5.92 Å². The number of nitrogens with one attached hydrogen (secondary N) is 1. The Bertz CT molecular complexity index is 1560. The summed E-state index contributed by atoms with van der Waals surface area (Å²) in [5.41, 5.74) is 4.63. The number of aryl methyl sites for hydroxylation is 2. The van der Waals surface area contributed by atoms with Crippen LogP contribution in [0, 0.1) is 25.7 Å². The number of hydrogen-bond donors (Lipinski definition) is 1. The van der Waals surface area contributed by atoms with Crippen molar-refractivity contribution >= 4 is 40.4 Å². The molecule has 0 bridgehead atoms. The zero-order valence-corrected chi connectivity index (χ0v) is 25.3. The SMILES string of the molecule is CC.CCC(C)C=Nc1cc(Oc2ccc(Nc3ncnc4cnc(N5CC(C)C(F)(F)C5)nc34)cc2C)ccc1C. The highest BCUT2D eigenvalue weighted by atomic mass is 19.3. The van der Waals surface area contributed by atoms with Gasteiger partial charge in [-0.2, -0.15) is 0 Å². The summed E-state index contributed by atoms with van der Waals surface area (Å²) < 4.78 is 34.4. The van der Waals surface area contributed by atoms with Crippen LogP contribution in [0.5, 0.6) is 11.5 Å². The Kier molecular flexibility index (Phi) is 9.65. The van der Waals surface area contributed by atoms with E-state index in [0.29, 0.717) is 34.3 Å². The van der Waals surface area contributed by atoms with Gasteiger partial charge < -0.3 is 15.0 Å². The summed E-state index contributed by atoms with van der Waals surface area (Å²) in [6.07, 6.45) is 5.97. The summed E-state index contributed by atoms with van der Waals surface area (Å²) in [6, 6.07) is 11.6. The van der Waals surface area contributed by atoms with Crippen LogP contribution in [0.3, 0.4) is 0 Å². The number of hydrogen-bond acceptors (Lipinski definition) is 8. The molecule has 2 aromatic carbocycles. The Morgan fingerprint density at radius 2 is 1.90 bits per heavy atom. The molecule has 1 saturated heterocycles. The van der Waals surface area contributed by atoms with E-state index in [2.05, 4.69) is 44.1 Å². The third-order valence-electron chi connectivity index (χ3n) is 7.22. The summed E-state index contributed by atoms with van der Waals surface area (Å²) in [5, 5.41) is 3.29. The van der Waals surface area contributed by atoms with Crippen LogP contribution in [-0.4, -0.2) is 45.2 Å². The summed E-state index contributed by atoms with van der Waals surface area (Å²) in [6.45, 7) is 13.6. The van der Waals surface area contributed by atoms with E-state index in [1.807, 2.05) is 70.3 Å². The van der Waals surface area contributed by atoms with Gasteiger partial charge in [0.05, 0.1) is 18.4 Å². The Labute approximate surface area is 246 Å². The second-order valence-corrected chi connectivity index (χ2v) is 10.5. The van der Waals surface area contributed by atoms with Crippen molar-refractivity contribution in [2.24, 2.45) is 16.8 Å². The average Bonchev–Trinajstić information content (AvgIpc) is 3.27. The lowest BCUT2D eigenvalue weighted by Crippen LogP contribution is -2.27. The van der Waals surface area contributed by atoms with E-state index in [1.54, 1.807) is 0 Å². The van der Waals surface area contributed by atoms with E-state index in [4.69, 9.17) is 4.74 Å². The number of aromatic nitrogens is 4. The number of aliphatic imine (C=N–C) groups is 1. The first kappa shape index (κ1) is 30.7. The van der Waals surface area contributed by atoms with Gasteiger partial charge in [-0.1, -0.05) is 40.7 Å². The quantitative estimate of drug-likeness (QED) is 0.211. The molecule has 8 nitrogen and oxygen atoms in total. The third-order valence-corrected chi connectivity index (χ3v) is 7.22. The van der Waals surface area contributed by atoms with Crippen LogP contribution in [0.1, 0.15) is 52.2 Å². The van der Waals surface area contributed by atoms with Crippen LogP contribution >= 0.6 is 0 Å². The van der Waals surface area contributed by atoms with Crippen molar-refractivity contribution in [3.63, 3.8) is 0 Å². The highest BCUT2D eigenvalue weighted by Crippen LogP contribution is 2.35. The van der Waals surface area contributed by atoms with Crippen molar-refractivity contribution < 1.29 is 13.5 Å². The molecule has 1 aliphatic heterocycles. The van der Waals surface area contributed by atoms with Crippen LogP contribution in [-0.2, 0) is 0 Å². The number of benzene rings is 2. The Morgan fingerprint density at radius 3 is 2.60 bits per heavy atom. The maximum absolute atomic E-state index is 14.1. The summed E-state index contributed by atoms with van der Waals surface area (Å²) in [4.78, 5) is 23.6. The maximum Gasteiger partial charge on any atom is 0.269 e. The minimum atomic E-state index is -2.78. The zero-order valence-electron chi connectivity index (χ0n) is 25.3. The second-order valence-electron chi connectivity index (χ2n) is 10.5. The van der Waals surface area contributed by atoms with Gasteiger partial charge in [0.1, 0.15) is 28.9 Å². The molecule has 1 N–H and O–H groups in total. The van der Waals surface area contributed by atoms with Crippen molar-refractivity contribution in [2.45, 2.75) is 60.8 Å². The fourth-order valence-electron chi connectivity index (χ4n) is 4.39. The molecule has 5 rings (SSSR count). The molecule has 2 unspecified atom stereocenters. The number of ether oxygens (including phenoxy) is 1. The summed E-state index contributed by atoms with van der Waals surface area (Å²) >= 11 is 0. The number of fused-ring (bicyclic) bond motifs is 1. The molecular weight excluding hydrogens is 536 g/mol. The van der Waals surface area contributed by atoms with Crippen LogP contribution in [0.25, 0.3) is 11.0 Å². The fourth-order valence-corrected chi connectivity index (χ4v) is 4.39. The first-order valence-electron chi connectivity index (χ1n) is 14.4. The topological polar surface area (TPSA) is 88.4 Å². The minimum absolute atomic E-state index is 0.183. The van der Waals surface area contributed by atoms with Crippen molar-refractivity contribution in [2.75, 3.05) is 23.3 Å². The van der Waals surface area contributed by atoms with Crippen LogP contribution < -0.4 is 15.0 Å². The van der Waals surface area contributed by atoms with E-state index in [0.717, 1.165) is 28.9 Å². The molecule has 0 aliphatic carbocycles. The van der Waals surface area contributed by atoms with Gasteiger partial charge in [-0.05, 0) is 61.6 Å². The second kappa shape index (κ2) is 13.2. The van der Waals surface area contributed by atoms with Gasteiger partial charge in [-0.25, -0.2) is 28.7 Å². The Hall–Kier alpha value is -4.21. The summed E-state index contributed by atoms with van der Waals surface area (Å²) in [5.74, 6) is -1.03. The number of nitrogens with zero attached hydrogens (tertiary/aromatic N) is 6. The molecule has 0 amide bonds. The van der Waals surface area contributed by atoms with Crippen LogP contribution in [0.4, 0.5) is 31.9 Å². The molecule has 42 heavy (non-hydrogen) atoms. The number of alkyl halides is 2. The molecule has 2 aromatic heterocycles. The van der Waals surface area contributed by atoms with E-state index in [-0.39, 0.29) is 12.5 Å². The molecule has 4 aromatic rings. The highest BCUT2D eigenvalue weighted by molar-refractivity contribution is 5.87. The van der Waals surface area contributed by atoms with Crippen LogP contribution in [0.15, 0.2) is 53.9 Å². The van der Waals surface area contributed by atoms with Crippen molar-refractivity contribution in [1.82, 2.24) is 19.9 Å². The zero-order chi connectivity index (χ0) is 30.4. The van der Waals surface area contributed by atoms with Gasteiger partial charge in [0.15, 0.2) is 5.82 Å². The molecule has 0 radical (unpaired) electrons. The lowest BCUT2D eigenvalue weighted by atomic mass is 10.1. The number of rotatable bonds is 8. The predicted octanol–water partition coefficient (Wildman–Crippen LogP) is 8.44. The van der Waals surface area contributed by atoms with Crippen molar-refractivity contribution in [1.29, 1.82) is 0 Å². The Morgan fingerprint density at radius 1 is 1.12 bits per heavy atom. The lowest BCUT2D eigenvalue weighted by molar-refractivity contribution is -0.0138. The highest BCUT2D eigenvalue weighted by Gasteiger charge is 2.46. The number of halogens is 2. The smallest absolute Gasteiger partial charge is 0.269 e. The first-order valence-corrected chi connectivity index (χ1v) is 14.4. The molecule has 1 fully saturated rings. The predicted molar refractivity (Wildman–Crippen MR) is 166 cm³/mol. The third kappa shape index (κ3) is 6.98. The largest absolute Gasteiger partial charge is 0.457 e. The van der Waals surface area contributed by atoms with E-state index in [1.165, 1.54) is 24.3 Å². The normalized spacial score (nSPS) is 16.8. The molecule has 2 atom stereocenters. The summed E-state index contributed by atoms with van der Waals surface area (Å²) in [7, 11) is 0. The molecule has 1 aliphatic rings. The number of anilines is 3. The Balaban J connectivity index is 0.00000198. The minimum Gasteiger partial charge on any atom is -0.457 e. The van der Waals surface area contributed by atoms with Crippen molar-refractivity contribution in [3.8, 4) is 11.5 Å². The van der Waals surface area contributed by atoms with Crippen LogP contribution in [0.2, 0.25) is 0 Å². The molecule has 0 spiro atoms. The van der Waals surface area contributed by atoms with Gasteiger partial charge in [-0.3, -0.25) is 4.99 Å². The maximum atomic E-state index is 14.1. The molecule has 222 valence electrons. The monoisotopic (exact) mass is 575 g/mol.